The van der Waals surface area contributed by atoms with Gasteiger partial charge < -0.3 is 10.2 Å². The molecule has 2 aromatic rings. The topological polar surface area (TPSA) is 69.7 Å². The first kappa shape index (κ1) is 19.6. The third kappa shape index (κ3) is 3.18. The largest absolute Gasteiger partial charge is 0.352 e. The van der Waals surface area contributed by atoms with Gasteiger partial charge in [0, 0.05) is 24.2 Å². The van der Waals surface area contributed by atoms with Crippen LogP contribution in [-0.2, 0) is 9.59 Å². The summed E-state index contributed by atoms with van der Waals surface area (Å²) in [4.78, 5) is 39.4. The number of hydrogen-bond acceptors (Lipinski definition) is 3. The second kappa shape index (κ2) is 7.26. The Labute approximate surface area is 171 Å². The van der Waals surface area contributed by atoms with Gasteiger partial charge >= 0.3 is 6.03 Å². The molecule has 0 bridgehead atoms. The summed E-state index contributed by atoms with van der Waals surface area (Å²) in [5, 5.41) is 2.61. The van der Waals surface area contributed by atoms with E-state index in [1.807, 2.05) is 6.07 Å². The van der Waals surface area contributed by atoms with Crippen LogP contribution in [0.25, 0.3) is 0 Å². The maximum absolute atomic E-state index is 14.8. The quantitative estimate of drug-likeness (QED) is 0.736. The smallest absolute Gasteiger partial charge is 0.332 e. The fourth-order valence-electron chi connectivity index (χ4n) is 3.66. The molecule has 6 nitrogen and oxygen atoms in total. The number of carbonyl (C=O) groups is 3. The normalized spacial score (nSPS) is 21.0. The van der Waals surface area contributed by atoms with E-state index < -0.39 is 40.7 Å². The number of rotatable bonds is 1. The number of hydrogen-bond donors (Lipinski definition) is 1. The molecular formula is C22H17F2N3O3. The van der Waals surface area contributed by atoms with Crippen molar-refractivity contribution in [3.63, 3.8) is 0 Å². The van der Waals surface area contributed by atoms with Crippen molar-refractivity contribution >= 4 is 23.5 Å². The minimum Gasteiger partial charge on any atom is -0.352 e. The molecule has 1 N–H and O–H groups in total. The molecule has 0 aliphatic carbocycles. The Morgan fingerprint density at radius 2 is 1.63 bits per heavy atom. The first-order valence-corrected chi connectivity index (χ1v) is 9.30. The second-order valence-electron chi connectivity index (χ2n) is 7.27. The Balaban J connectivity index is 1.69. The zero-order chi connectivity index (χ0) is 21.5. The summed E-state index contributed by atoms with van der Waals surface area (Å²) < 4.78 is 29.6. The zero-order valence-electron chi connectivity index (χ0n) is 16.0. The Kier molecular flexibility index (Phi) is 4.74. The molecule has 0 radical (unpaired) electrons. The number of benzene rings is 2. The van der Waals surface area contributed by atoms with E-state index in [2.05, 4.69) is 17.2 Å². The van der Waals surface area contributed by atoms with Gasteiger partial charge in [-0.1, -0.05) is 30.0 Å². The van der Waals surface area contributed by atoms with Gasteiger partial charge in [0.15, 0.2) is 11.6 Å². The lowest BCUT2D eigenvalue weighted by molar-refractivity contribution is -0.140. The van der Waals surface area contributed by atoms with Gasteiger partial charge in [-0.25, -0.2) is 18.5 Å². The number of urea groups is 1. The summed E-state index contributed by atoms with van der Waals surface area (Å²) in [6.07, 6.45) is -0.376. The number of carbonyl (C=O) groups excluding carboxylic acids is 3. The number of nitrogens with zero attached hydrogens (tertiary/aromatic N) is 2. The van der Waals surface area contributed by atoms with Gasteiger partial charge in [-0.2, -0.15) is 0 Å². The maximum atomic E-state index is 14.8. The van der Waals surface area contributed by atoms with Crippen LogP contribution in [0.1, 0.15) is 24.5 Å². The lowest BCUT2D eigenvalue weighted by Crippen LogP contribution is -2.72. The predicted octanol–water partition coefficient (Wildman–Crippen LogP) is 2.41. The van der Waals surface area contributed by atoms with Gasteiger partial charge in [-0.3, -0.25) is 9.59 Å². The second-order valence-corrected chi connectivity index (χ2v) is 7.27. The fourth-order valence-corrected chi connectivity index (χ4v) is 3.66. The van der Waals surface area contributed by atoms with Crippen LogP contribution in [0.4, 0.5) is 19.3 Å². The average Bonchev–Trinajstić information content (AvgIpc) is 2.70. The molecule has 2 saturated heterocycles. The standard InChI is InChI=1S/C22H17F2N3O3/c1-22-13-18(28)27(21(30)26(22)10-9-25-20(22)29)19-16(23)11-15(12-17(19)24)8-7-14-5-3-2-4-6-14/h2-6,11-12H,9-10,13H2,1H3,(H,25,29)/t22-/m1/s1. The van der Waals surface area contributed by atoms with Crippen molar-refractivity contribution in [2.45, 2.75) is 18.9 Å². The number of nitrogens with one attached hydrogen (secondary N) is 1. The summed E-state index contributed by atoms with van der Waals surface area (Å²) >= 11 is 0. The van der Waals surface area contributed by atoms with E-state index in [0.717, 1.165) is 12.1 Å². The van der Waals surface area contributed by atoms with Gasteiger partial charge in [0.1, 0.15) is 11.2 Å². The molecular weight excluding hydrogens is 392 g/mol. The first-order valence-electron chi connectivity index (χ1n) is 9.30. The van der Waals surface area contributed by atoms with Crippen LogP contribution < -0.4 is 10.2 Å². The predicted molar refractivity (Wildman–Crippen MR) is 104 cm³/mol. The van der Waals surface area contributed by atoms with Crippen molar-refractivity contribution in [1.82, 2.24) is 10.2 Å². The third-order valence-electron chi connectivity index (χ3n) is 5.24. The molecule has 4 amide bonds. The van der Waals surface area contributed by atoms with E-state index in [4.69, 9.17) is 0 Å². The van der Waals surface area contributed by atoms with E-state index in [9.17, 15) is 23.2 Å². The van der Waals surface area contributed by atoms with Crippen molar-refractivity contribution < 1.29 is 23.2 Å². The number of fused-ring (bicyclic) bond motifs is 1. The summed E-state index contributed by atoms with van der Waals surface area (Å²) in [6, 6.07) is 9.94. The summed E-state index contributed by atoms with van der Waals surface area (Å²) in [5.41, 5.74) is -1.40. The highest BCUT2D eigenvalue weighted by Gasteiger charge is 2.53. The monoisotopic (exact) mass is 409 g/mol. The molecule has 2 aliphatic heterocycles. The van der Waals surface area contributed by atoms with E-state index in [1.54, 1.807) is 24.3 Å². The van der Waals surface area contributed by atoms with Gasteiger partial charge in [0.05, 0.1) is 6.42 Å². The molecule has 8 heteroatoms. The Morgan fingerprint density at radius 3 is 2.30 bits per heavy atom. The van der Waals surface area contributed by atoms with Crippen LogP contribution in [0, 0.1) is 23.5 Å². The number of halogens is 2. The average molecular weight is 409 g/mol. The molecule has 152 valence electrons. The van der Waals surface area contributed by atoms with Crippen molar-refractivity contribution in [1.29, 1.82) is 0 Å². The molecule has 2 heterocycles. The van der Waals surface area contributed by atoms with Crippen molar-refractivity contribution in [2.75, 3.05) is 18.0 Å². The van der Waals surface area contributed by atoms with Crippen LogP contribution >= 0.6 is 0 Å². The van der Waals surface area contributed by atoms with E-state index in [0.29, 0.717) is 10.5 Å². The fraction of sp³-hybridized carbons (Fsp3) is 0.227. The van der Waals surface area contributed by atoms with E-state index in [1.165, 1.54) is 11.8 Å². The van der Waals surface area contributed by atoms with Crippen molar-refractivity contribution in [2.24, 2.45) is 0 Å². The molecule has 0 aromatic heterocycles. The number of imide groups is 1. The SMILES string of the molecule is C[C@]12CC(=O)N(c3c(F)cc(C#Cc4ccccc4)cc3F)C(=O)N1CCNC2=O. The summed E-state index contributed by atoms with van der Waals surface area (Å²) in [7, 11) is 0. The van der Waals surface area contributed by atoms with Crippen LogP contribution in [-0.4, -0.2) is 41.4 Å². The Bertz CT molecular complexity index is 1100. The zero-order valence-corrected chi connectivity index (χ0v) is 16.0. The minimum absolute atomic E-state index is 0.0664. The molecule has 0 saturated carbocycles. The van der Waals surface area contributed by atoms with Crippen LogP contribution in [0.2, 0.25) is 0 Å². The minimum atomic E-state index is -1.38. The Morgan fingerprint density at radius 1 is 1.00 bits per heavy atom. The van der Waals surface area contributed by atoms with Crippen molar-refractivity contribution in [3.05, 3.63) is 65.2 Å². The first-order chi connectivity index (χ1) is 14.3. The highest BCUT2D eigenvalue weighted by atomic mass is 19.1. The van der Waals surface area contributed by atoms with Gasteiger partial charge in [0.2, 0.25) is 11.8 Å². The number of amides is 4. The molecule has 2 aliphatic rings. The van der Waals surface area contributed by atoms with Gasteiger partial charge in [-0.15, -0.1) is 0 Å². The molecule has 1 atom stereocenters. The van der Waals surface area contributed by atoms with Crippen LogP contribution in [0.3, 0.4) is 0 Å². The molecule has 4 rings (SSSR count). The van der Waals surface area contributed by atoms with E-state index in [-0.39, 0.29) is 25.1 Å². The van der Waals surface area contributed by atoms with Crippen LogP contribution in [0.5, 0.6) is 0 Å². The third-order valence-corrected chi connectivity index (χ3v) is 5.24. The van der Waals surface area contributed by atoms with Gasteiger partial charge in [0.25, 0.3) is 0 Å². The Hall–Kier alpha value is -3.73. The summed E-state index contributed by atoms with van der Waals surface area (Å²) in [6.45, 7) is 1.79. The molecule has 2 aromatic carbocycles. The number of anilines is 1. The molecule has 0 spiro atoms. The van der Waals surface area contributed by atoms with Crippen LogP contribution in [0.15, 0.2) is 42.5 Å². The van der Waals surface area contributed by atoms with E-state index >= 15 is 0 Å². The number of piperazine rings is 1. The summed E-state index contributed by atoms with van der Waals surface area (Å²) in [5.74, 6) is 1.98. The lowest BCUT2D eigenvalue weighted by Gasteiger charge is -2.48. The highest BCUT2D eigenvalue weighted by Crippen LogP contribution is 2.35. The maximum Gasteiger partial charge on any atom is 0.332 e. The molecule has 0 unspecified atom stereocenters. The molecule has 30 heavy (non-hydrogen) atoms. The van der Waals surface area contributed by atoms with Gasteiger partial charge in [-0.05, 0) is 31.2 Å². The van der Waals surface area contributed by atoms with Crippen molar-refractivity contribution in [3.8, 4) is 11.8 Å². The molecule has 2 fully saturated rings. The highest BCUT2D eigenvalue weighted by molar-refractivity contribution is 6.19. The lowest BCUT2D eigenvalue weighted by atomic mass is 9.89.